The molecule has 1 unspecified atom stereocenters. The first kappa shape index (κ1) is 18.4. The van der Waals surface area contributed by atoms with Gasteiger partial charge >= 0.3 is 0 Å². The standard InChI is InChI=1S/C21H32N2O2/c1-18(22-14-16-25-17-15-22)20-10-12-23(13-11-20)21(24)9-5-8-19-6-3-2-4-7-19/h2-4,6-7,18,20H,5,8-17H2,1H3. The monoisotopic (exact) mass is 344 g/mol. The predicted molar refractivity (Wildman–Crippen MR) is 101 cm³/mol. The fraction of sp³-hybridized carbons (Fsp3) is 0.667. The minimum Gasteiger partial charge on any atom is -0.379 e. The van der Waals surface area contributed by atoms with Crippen LogP contribution in [0.2, 0.25) is 0 Å². The Morgan fingerprint density at radius 1 is 1.12 bits per heavy atom. The molecule has 2 aliphatic heterocycles. The maximum absolute atomic E-state index is 12.5. The molecule has 1 aromatic carbocycles. The molecule has 138 valence electrons. The van der Waals surface area contributed by atoms with Gasteiger partial charge in [0.25, 0.3) is 0 Å². The number of piperidine rings is 1. The summed E-state index contributed by atoms with van der Waals surface area (Å²) in [4.78, 5) is 17.1. The predicted octanol–water partition coefficient (Wildman–Crippen LogP) is 2.97. The highest BCUT2D eigenvalue weighted by Gasteiger charge is 2.29. The highest BCUT2D eigenvalue weighted by Crippen LogP contribution is 2.25. The highest BCUT2D eigenvalue weighted by molar-refractivity contribution is 5.76. The number of nitrogens with zero attached hydrogens (tertiary/aromatic N) is 2. The zero-order valence-corrected chi connectivity index (χ0v) is 15.5. The molecule has 0 bridgehead atoms. The van der Waals surface area contributed by atoms with Crippen LogP contribution in [-0.4, -0.2) is 61.1 Å². The lowest BCUT2D eigenvalue weighted by Crippen LogP contribution is -2.49. The second-order valence-electron chi connectivity index (χ2n) is 7.45. The number of hydrogen-bond acceptors (Lipinski definition) is 3. The SMILES string of the molecule is CC(C1CCN(C(=O)CCCc2ccccc2)CC1)N1CCOCC1. The summed E-state index contributed by atoms with van der Waals surface area (Å²) in [7, 11) is 0. The zero-order chi connectivity index (χ0) is 17.5. The molecule has 0 radical (unpaired) electrons. The van der Waals surface area contributed by atoms with Crippen LogP contribution in [0.1, 0.15) is 38.2 Å². The molecule has 2 fully saturated rings. The van der Waals surface area contributed by atoms with Gasteiger partial charge < -0.3 is 9.64 Å². The fourth-order valence-corrected chi connectivity index (χ4v) is 4.16. The van der Waals surface area contributed by atoms with Crippen LogP contribution >= 0.6 is 0 Å². The minimum absolute atomic E-state index is 0.341. The Morgan fingerprint density at radius 3 is 2.48 bits per heavy atom. The largest absolute Gasteiger partial charge is 0.379 e. The molecule has 1 amide bonds. The lowest BCUT2D eigenvalue weighted by molar-refractivity contribution is -0.133. The molecule has 0 spiro atoms. The summed E-state index contributed by atoms with van der Waals surface area (Å²) < 4.78 is 5.46. The van der Waals surface area contributed by atoms with Crippen LogP contribution in [0, 0.1) is 5.92 Å². The van der Waals surface area contributed by atoms with E-state index >= 15 is 0 Å². The van der Waals surface area contributed by atoms with Crippen LogP contribution in [0.4, 0.5) is 0 Å². The van der Waals surface area contributed by atoms with Crippen LogP contribution in [-0.2, 0) is 16.0 Å². The topological polar surface area (TPSA) is 32.8 Å². The molecular weight excluding hydrogens is 312 g/mol. The van der Waals surface area contributed by atoms with E-state index in [1.807, 2.05) is 6.07 Å². The number of aryl methyl sites for hydroxylation is 1. The Balaban J connectivity index is 1.37. The van der Waals surface area contributed by atoms with Gasteiger partial charge in [-0.3, -0.25) is 9.69 Å². The van der Waals surface area contributed by atoms with E-state index in [0.717, 1.165) is 65.1 Å². The van der Waals surface area contributed by atoms with Crippen molar-refractivity contribution in [2.75, 3.05) is 39.4 Å². The van der Waals surface area contributed by atoms with Gasteiger partial charge in [0.1, 0.15) is 0 Å². The Morgan fingerprint density at radius 2 is 1.80 bits per heavy atom. The van der Waals surface area contributed by atoms with Gasteiger partial charge in [-0.15, -0.1) is 0 Å². The van der Waals surface area contributed by atoms with E-state index < -0.39 is 0 Å². The Labute approximate surface area is 152 Å². The second kappa shape index (κ2) is 9.35. The lowest BCUT2D eigenvalue weighted by atomic mass is 9.89. The molecular formula is C21H32N2O2. The fourth-order valence-electron chi connectivity index (χ4n) is 4.16. The highest BCUT2D eigenvalue weighted by atomic mass is 16.5. The summed E-state index contributed by atoms with van der Waals surface area (Å²) in [5.74, 6) is 1.06. The molecule has 25 heavy (non-hydrogen) atoms. The van der Waals surface area contributed by atoms with Crippen LogP contribution < -0.4 is 0 Å². The van der Waals surface area contributed by atoms with Gasteiger partial charge in [0, 0.05) is 38.6 Å². The van der Waals surface area contributed by atoms with Crippen molar-refractivity contribution in [2.45, 2.75) is 45.1 Å². The first-order valence-corrected chi connectivity index (χ1v) is 9.87. The van der Waals surface area contributed by atoms with Crippen molar-refractivity contribution in [1.82, 2.24) is 9.80 Å². The van der Waals surface area contributed by atoms with Gasteiger partial charge in [0.15, 0.2) is 0 Å². The van der Waals surface area contributed by atoms with Crippen molar-refractivity contribution in [2.24, 2.45) is 5.92 Å². The Bertz CT molecular complexity index is 520. The number of amides is 1. The average molecular weight is 344 g/mol. The summed E-state index contributed by atoms with van der Waals surface area (Å²) in [6.07, 6.45) is 4.91. The van der Waals surface area contributed by atoms with Crippen molar-refractivity contribution in [3.05, 3.63) is 35.9 Å². The molecule has 0 saturated carbocycles. The van der Waals surface area contributed by atoms with Gasteiger partial charge in [-0.1, -0.05) is 30.3 Å². The molecule has 0 aromatic heterocycles. The number of carbonyl (C=O) groups excluding carboxylic acids is 1. The third-order valence-electron chi connectivity index (χ3n) is 5.90. The number of benzene rings is 1. The molecule has 3 rings (SSSR count). The van der Waals surface area contributed by atoms with E-state index in [0.29, 0.717) is 24.3 Å². The molecule has 1 atom stereocenters. The van der Waals surface area contributed by atoms with Crippen molar-refractivity contribution in [1.29, 1.82) is 0 Å². The smallest absolute Gasteiger partial charge is 0.222 e. The first-order chi connectivity index (χ1) is 12.2. The number of carbonyl (C=O) groups is 1. The van der Waals surface area contributed by atoms with E-state index in [2.05, 4.69) is 41.0 Å². The van der Waals surface area contributed by atoms with Crippen molar-refractivity contribution >= 4 is 5.91 Å². The van der Waals surface area contributed by atoms with E-state index in [4.69, 9.17) is 4.74 Å². The summed E-state index contributed by atoms with van der Waals surface area (Å²) in [5, 5.41) is 0. The minimum atomic E-state index is 0.341. The third-order valence-corrected chi connectivity index (χ3v) is 5.90. The second-order valence-corrected chi connectivity index (χ2v) is 7.45. The normalized spacial score (nSPS) is 21.2. The Kier molecular flexibility index (Phi) is 6.88. The van der Waals surface area contributed by atoms with E-state index in [1.54, 1.807) is 0 Å². The summed E-state index contributed by atoms with van der Waals surface area (Å²) in [6.45, 7) is 8.06. The van der Waals surface area contributed by atoms with Gasteiger partial charge in [-0.25, -0.2) is 0 Å². The van der Waals surface area contributed by atoms with Crippen molar-refractivity contribution < 1.29 is 9.53 Å². The van der Waals surface area contributed by atoms with E-state index in [-0.39, 0.29) is 0 Å². The Hall–Kier alpha value is -1.39. The van der Waals surface area contributed by atoms with Crippen LogP contribution in [0.3, 0.4) is 0 Å². The number of hydrogen-bond donors (Lipinski definition) is 0. The molecule has 4 nitrogen and oxygen atoms in total. The molecule has 2 heterocycles. The quantitative estimate of drug-likeness (QED) is 0.795. The van der Waals surface area contributed by atoms with Crippen LogP contribution in [0.15, 0.2) is 30.3 Å². The number of ether oxygens (including phenoxy) is 1. The number of rotatable bonds is 6. The van der Waals surface area contributed by atoms with Gasteiger partial charge in [0.05, 0.1) is 13.2 Å². The molecule has 2 saturated heterocycles. The van der Waals surface area contributed by atoms with Crippen molar-refractivity contribution in [3.8, 4) is 0 Å². The van der Waals surface area contributed by atoms with Crippen LogP contribution in [0.5, 0.6) is 0 Å². The van der Waals surface area contributed by atoms with Crippen LogP contribution in [0.25, 0.3) is 0 Å². The summed E-state index contributed by atoms with van der Waals surface area (Å²) in [5.41, 5.74) is 1.33. The average Bonchev–Trinajstić information content (AvgIpc) is 2.69. The maximum Gasteiger partial charge on any atom is 0.222 e. The van der Waals surface area contributed by atoms with Crippen molar-refractivity contribution in [3.63, 3.8) is 0 Å². The van der Waals surface area contributed by atoms with E-state index in [9.17, 15) is 4.79 Å². The van der Waals surface area contributed by atoms with Gasteiger partial charge in [0.2, 0.25) is 5.91 Å². The lowest BCUT2D eigenvalue weighted by Gasteiger charge is -2.41. The summed E-state index contributed by atoms with van der Waals surface area (Å²) in [6, 6.07) is 11.1. The van der Waals surface area contributed by atoms with Gasteiger partial charge in [-0.2, -0.15) is 0 Å². The zero-order valence-electron chi connectivity index (χ0n) is 15.5. The molecule has 4 heteroatoms. The number of likely N-dealkylation sites (tertiary alicyclic amines) is 1. The molecule has 0 aliphatic carbocycles. The number of morpholine rings is 1. The molecule has 2 aliphatic rings. The van der Waals surface area contributed by atoms with Gasteiger partial charge in [-0.05, 0) is 44.1 Å². The maximum atomic E-state index is 12.5. The molecule has 0 N–H and O–H groups in total. The first-order valence-electron chi connectivity index (χ1n) is 9.87. The third kappa shape index (κ3) is 5.29. The van der Waals surface area contributed by atoms with E-state index in [1.165, 1.54) is 5.56 Å². The molecule has 1 aromatic rings. The summed E-state index contributed by atoms with van der Waals surface area (Å²) >= 11 is 0.